The third-order valence-electron chi connectivity index (χ3n) is 4.61. The number of carbonyl (C=O) groups is 1. The van der Waals surface area contributed by atoms with Crippen molar-refractivity contribution in [3.63, 3.8) is 0 Å². The summed E-state index contributed by atoms with van der Waals surface area (Å²) in [6.07, 6.45) is 1.92. The van der Waals surface area contributed by atoms with E-state index in [2.05, 4.69) is 15.5 Å². The van der Waals surface area contributed by atoms with Crippen LogP contribution in [0.15, 0.2) is 24.3 Å². The molecule has 1 aliphatic heterocycles. The Hall–Kier alpha value is -2.67. The van der Waals surface area contributed by atoms with E-state index in [1.165, 1.54) is 0 Å². The lowest BCUT2D eigenvalue weighted by molar-refractivity contribution is -0.138. The van der Waals surface area contributed by atoms with Crippen LogP contribution < -0.4 is 5.32 Å². The Labute approximate surface area is 152 Å². The predicted molar refractivity (Wildman–Crippen MR) is 99.3 cm³/mol. The summed E-state index contributed by atoms with van der Waals surface area (Å²) in [4.78, 5) is 12.8. The molecular weight excluding hydrogens is 332 g/mol. The van der Waals surface area contributed by atoms with Crippen LogP contribution in [-0.4, -0.2) is 57.0 Å². The van der Waals surface area contributed by atoms with E-state index in [4.69, 9.17) is 5.11 Å². The summed E-state index contributed by atoms with van der Waals surface area (Å²) in [6, 6.07) is 7.55. The van der Waals surface area contributed by atoms with Gasteiger partial charge in [0.25, 0.3) is 0 Å². The number of aliphatic carboxylic acids is 1. The number of nitrogens with zero attached hydrogens (tertiary/aromatic N) is 3. The first-order chi connectivity index (χ1) is 12.4. The molecule has 26 heavy (non-hydrogen) atoms. The van der Waals surface area contributed by atoms with Gasteiger partial charge in [-0.1, -0.05) is 6.07 Å². The predicted octanol–water partition coefficient (Wildman–Crippen LogP) is 2.43. The molecule has 3 N–H and O–H groups in total. The number of carboxylic acid groups (broad SMARTS) is 1. The fraction of sp³-hybridized carbons (Fsp3) is 0.421. The van der Waals surface area contributed by atoms with Crippen LogP contribution in [0.5, 0.6) is 5.75 Å². The van der Waals surface area contributed by atoms with Gasteiger partial charge in [0.1, 0.15) is 11.6 Å². The van der Waals surface area contributed by atoms with Crippen LogP contribution in [0.1, 0.15) is 24.0 Å². The number of phenolic OH excluding ortho intramolecular Hbond substituents is 1. The smallest absolute Gasteiger partial charge is 0.317 e. The number of carboxylic acids is 1. The molecule has 1 atom stereocenters. The minimum absolute atomic E-state index is 0.0640. The Morgan fingerprint density at radius 1 is 1.31 bits per heavy atom. The van der Waals surface area contributed by atoms with Crippen molar-refractivity contribution in [2.75, 3.05) is 25.0 Å². The lowest BCUT2D eigenvalue weighted by Gasteiger charge is -2.32. The number of phenols is 1. The van der Waals surface area contributed by atoms with Gasteiger partial charge in [-0.25, -0.2) is 0 Å². The zero-order valence-electron chi connectivity index (χ0n) is 15.1. The van der Waals surface area contributed by atoms with E-state index in [1.807, 2.05) is 36.9 Å². The van der Waals surface area contributed by atoms with Crippen molar-refractivity contribution in [2.45, 2.75) is 32.7 Å². The van der Waals surface area contributed by atoms with Crippen molar-refractivity contribution < 1.29 is 15.0 Å². The van der Waals surface area contributed by atoms with Gasteiger partial charge in [-0.05, 0) is 62.6 Å². The summed E-state index contributed by atoms with van der Waals surface area (Å²) in [6.45, 7) is 5.40. The summed E-state index contributed by atoms with van der Waals surface area (Å²) < 4.78 is 0. The molecule has 7 heteroatoms. The van der Waals surface area contributed by atoms with E-state index < -0.39 is 5.97 Å². The SMILES string of the molecule is Cc1ccc(-c2nnc(N[C@@H]3CCCN(CC(=O)O)C3)cc2C)c(O)c1. The summed E-state index contributed by atoms with van der Waals surface area (Å²) in [5.74, 6) is 0.0586. The number of aromatic nitrogens is 2. The van der Waals surface area contributed by atoms with E-state index in [0.717, 1.165) is 30.5 Å². The first-order valence-corrected chi connectivity index (χ1v) is 8.77. The lowest BCUT2D eigenvalue weighted by Crippen LogP contribution is -2.44. The van der Waals surface area contributed by atoms with Gasteiger partial charge in [0.15, 0.2) is 0 Å². The van der Waals surface area contributed by atoms with Gasteiger partial charge in [-0.15, -0.1) is 10.2 Å². The normalized spacial score (nSPS) is 17.8. The van der Waals surface area contributed by atoms with Crippen molar-refractivity contribution in [1.29, 1.82) is 0 Å². The molecule has 0 bridgehead atoms. The standard InChI is InChI=1S/C19H24N4O3/c1-12-5-6-15(16(24)8-12)19-13(2)9-17(21-22-19)20-14-4-3-7-23(10-14)11-18(25)26/h5-6,8-9,14,24H,3-4,7,10-11H2,1-2H3,(H,20,21)(H,25,26)/t14-/m1/s1. The second-order valence-corrected chi connectivity index (χ2v) is 6.89. The van der Waals surface area contributed by atoms with Gasteiger partial charge < -0.3 is 15.5 Å². The maximum atomic E-state index is 10.9. The highest BCUT2D eigenvalue weighted by atomic mass is 16.4. The molecule has 0 radical (unpaired) electrons. The van der Waals surface area contributed by atoms with Crippen LogP contribution in [0.2, 0.25) is 0 Å². The number of likely N-dealkylation sites (tertiary alicyclic amines) is 1. The van der Waals surface area contributed by atoms with E-state index in [9.17, 15) is 9.90 Å². The highest BCUT2D eigenvalue weighted by Gasteiger charge is 2.22. The van der Waals surface area contributed by atoms with Crippen LogP contribution in [0.25, 0.3) is 11.3 Å². The Kier molecular flexibility index (Phi) is 5.37. The van der Waals surface area contributed by atoms with Crippen LogP contribution in [0, 0.1) is 13.8 Å². The molecular formula is C19H24N4O3. The van der Waals surface area contributed by atoms with E-state index in [0.29, 0.717) is 23.6 Å². The summed E-state index contributed by atoms with van der Waals surface area (Å²) >= 11 is 0. The largest absolute Gasteiger partial charge is 0.507 e. The Morgan fingerprint density at radius 2 is 2.12 bits per heavy atom. The van der Waals surface area contributed by atoms with Gasteiger partial charge in [-0.3, -0.25) is 9.69 Å². The average molecular weight is 356 g/mol. The van der Waals surface area contributed by atoms with E-state index >= 15 is 0 Å². The quantitative estimate of drug-likeness (QED) is 0.757. The molecule has 0 spiro atoms. The summed E-state index contributed by atoms with van der Waals surface area (Å²) in [7, 11) is 0. The first-order valence-electron chi connectivity index (χ1n) is 8.77. The molecule has 0 aliphatic carbocycles. The second kappa shape index (κ2) is 7.70. The number of aryl methyl sites for hydroxylation is 2. The minimum Gasteiger partial charge on any atom is -0.507 e. The zero-order valence-corrected chi connectivity index (χ0v) is 15.1. The van der Waals surface area contributed by atoms with Crippen molar-refractivity contribution in [3.8, 4) is 17.0 Å². The highest BCUT2D eigenvalue weighted by molar-refractivity contribution is 5.70. The Balaban J connectivity index is 1.72. The topological polar surface area (TPSA) is 98.6 Å². The van der Waals surface area contributed by atoms with Crippen LogP contribution in [0.3, 0.4) is 0 Å². The zero-order chi connectivity index (χ0) is 18.7. The summed E-state index contributed by atoms with van der Waals surface area (Å²) in [5, 5.41) is 31.0. The molecule has 138 valence electrons. The van der Waals surface area contributed by atoms with Gasteiger partial charge in [0.05, 0.1) is 12.2 Å². The van der Waals surface area contributed by atoms with Crippen LogP contribution in [-0.2, 0) is 4.79 Å². The van der Waals surface area contributed by atoms with E-state index in [-0.39, 0.29) is 18.3 Å². The molecule has 7 nitrogen and oxygen atoms in total. The Morgan fingerprint density at radius 3 is 2.81 bits per heavy atom. The molecule has 2 heterocycles. The number of anilines is 1. The molecule has 1 aromatic heterocycles. The van der Waals surface area contributed by atoms with E-state index in [1.54, 1.807) is 6.07 Å². The van der Waals surface area contributed by atoms with Crippen molar-refractivity contribution in [1.82, 2.24) is 15.1 Å². The van der Waals surface area contributed by atoms with Crippen molar-refractivity contribution in [2.24, 2.45) is 0 Å². The molecule has 0 unspecified atom stereocenters. The third-order valence-corrected chi connectivity index (χ3v) is 4.61. The van der Waals surface area contributed by atoms with Gasteiger partial charge >= 0.3 is 5.97 Å². The van der Waals surface area contributed by atoms with Gasteiger partial charge in [0.2, 0.25) is 0 Å². The van der Waals surface area contributed by atoms with Crippen molar-refractivity contribution >= 4 is 11.8 Å². The fourth-order valence-corrected chi connectivity index (χ4v) is 3.38. The number of piperidine rings is 1. The first kappa shape index (κ1) is 18.1. The number of aromatic hydroxyl groups is 1. The Bertz CT molecular complexity index is 809. The third kappa shape index (κ3) is 4.29. The second-order valence-electron chi connectivity index (χ2n) is 6.89. The number of nitrogens with one attached hydrogen (secondary N) is 1. The molecule has 2 aromatic rings. The average Bonchev–Trinajstić information content (AvgIpc) is 2.56. The van der Waals surface area contributed by atoms with Crippen LogP contribution in [0.4, 0.5) is 5.82 Å². The maximum absolute atomic E-state index is 10.9. The molecule has 1 fully saturated rings. The minimum atomic E-state index is -0.802. The fourth-order valence-electron chi connectivity index (χ4n) is 3.38. The molecule has 1 aliphatic rings. The number of benzene rings is 1. The number of rotatable bonds is 5. The monoisotopic (exact) mass is 356 g/mol. The molecule has 0 amide bonds. The number of hydrogen-bond acceptors (Lipinski definition) is 6. The van der Waals surface area contributed by atoms with Gasteiger partial charge in [-0.2, -0.15) is 0 Å². The molecule has 3 rings (SSSR count). The molecule has 1 saturated heterocycles. The van der Waals surface area contributed by atoms with Crippen molar-refractivity contribution in [3.05, 3.63) is 35.4 Å². The highest BCUT2D eigenvalue weighted by Crippen LogP contribution is 2.31. The number of hydrogen-bond donors (Lipinski definition) is 3. The summed E-state index contributed by atoms with van der Waals surface area (Å²) in [5.41, 5.74) is 3.22. The molecule has 0 saturated carbocycles. The molecule has 1 aromatic carbocycles. The lowest BCUT2D eigenvalue weighted by atomic mass is 10.0. The maximum Gasteiger partial charge on any atom is 0.317 e. The van der Waals surface area contributed by atoms with Gasteiger partial charge in [0, 0.05) is 18.2 Å². The van der Waals surface area contributed by atoms with Crippen LogP contribution >= 0.6 is 0 Å².